The molecule has 0 amide bonds. The van der Waals surface area contributed by atoms with Crippen LogP contribution in [0.15, 0.2) is 9.59 Å². The van der Waals surface area contributed by atoms with Crippen molar-refractivity contribution < 1.29 is 5.11 Å². The molecule has 3 heterocycles. The van der Waals surface area contributed by atoms with Gasteiger partial charge in [-0.05, 0) is 33.6 Å². The van der Waals surface area contributed by atoms with Crippen molar-refractivity contribution in [3.8, 4) is 0 Å². The molecule has 0 bridgehead atoms. The molecule has 0 radical (unpaired) electrons. The van der Waals surface area contributed by atoms with E-state index in [1.54, 1.807) is 7.05 Å². The Morgan fingerprint density at radius 1 is 1.20 bits per heavy atom. The summed E-state index contributed by atoms with van der Waals surface area (Å²) >= 11 is 0. The van der Waals surface area contributed by atoms with Crippen LogP contribution in [0.5, 0.6) is 0 Å². The molecule has 1 unspecified atom stereocenters. The minimum absolute atomic E-state index is 0.0715. The van der Waals surface area contributed by atoms with Gasteiger partial charge in [-0.2, -0.15) is 4.98 Å². The molecule has 0 aliphatic rings. The average molecular weight is 347 g/mol. The highest BCUT2D eigenvalue weighted by Crippen LogP contribution is 2.25. The zero-order valence-electron chi connectivity index (χ0n) is 15.4. The molecule has 0 spiro atoms. The lowest BCUT2D eigenvalue weighted by atomic mass is 10.2. The summed E-state index contributed by atoms with van der Waals surface area (Å²) in [7, 11) is 1.63. The Morgan fingerprint density at radius 2 is 1.88 bits per heavy atom. The van der Waals surface area contributed by atoms with Crippen molar-refractivity contribution in [1.29, 1.82) is 0 Å². The van der Waals surface area contributed by atoms with E-state index in [9.17, 15) is 9.59 Å². The molecule has 1 N–H and O–H groups in total. The molecule has 0 aliphatic heterocycles. The van der Waals surface area contributed by atoms with E-state index in [1.165, 1.54) is 9.13 Å². The van der Waals surface area contributed by atoms with Crippen molar-refractivity contribution in [1.82, 2.24) is 23.1 Å². The fourth-order valence-corrected chi connectivity index (χ4v) is 3.41. The topological polar surface area (TPSA) is 86.5 Å². The lowest BCUT2D eigenvalue weighted by Crippen LogP contribution is -2.39. The van der Waals surface area contributed by atoms with Crippen LogP contribution in [0.2, 0.25) is 0 Å². The summed E-state index contributed by atoms with van der Waals surface area (Å²) in [5.41, 5.74) is 2.05. The average Bonchev–Trinajstić information content (AvgIpc) is 3.09. The second kappa shape index (κ2) is 6.18. The van der Waals surface area contributed by atoms with Crippen LogP contribution in [0.3, 0.4) is 0 Å². The van der Waals surface area contributed by atoms with Gasteiger partial charge in [0.25, 0.3) is 5.56 Å². The third-order valence-electron chi connectivity index (χ3n) is 5.13. The number of hydrogen-bond donors (Lipinski definition) is 1. The standard InChI is InChI=1S/C17H25N5O3/c1-6-10(2)21-11(3)12(4)22-13-14(18-16(21)22)19(5)17(25)20(15(13)24)8-7-9-23/h10,23H,6-9H2,1-5H3. The van der Waals surface area contributed by atoms with Gasteiger partial charge in [0.15, 0.2) is 11.2 Å². The normalized spacial score (nSPS) is 13.2. The Bertz CT molecular complexity index is 1070. The molecule has 136 valence electrons. The molecular weight excluding hydrogens is 322 g/mol. The second-order valence-corrected chi connectivity index (χ2v) is 6.59. The lowest BCUT2D eigenvalue weighted by molar-refractivity contribution is 0.277. The minimum atomic E-state index is -0.406. The van der Waals surface area contributed by atoms with Crippen LogP contribution in [0, 0.1) is 13.8 Å². The number of aliphatic hydroxyl groups excluding tert-OH is 1. The molecule has 3 aromatic heterocycles. The molecule has 1 atom stereocenters. The maximum Gasteiger partial charge on any atom is 0.332 e. The number of aliphatic hydroxyl groups is 1. The van der Waals surface area contributed by atoms with Gasteiger partial charge in [0.1, 0.15) is 0 Å². The highest BCUT2D eigenvalue weighted by atomic mass is 16.3. The van der Waals surface area contributed by atoms with Gasteiger partial charge in [0.05, 0.1) is 0 Å². The van der Waals surface area contributed by atoms with Gasteiger partial charge in [-0.1, -0.05) is 6.92 Å². The predicted molar refractivity (Wildman–Crippen MR) is 96.4 cm³/mol. The Hall–Kier alpha value is -2.35. The summed E-state index contributed by atoms with van der Waals surface area (Å²) in [6, 6.07) is 0.238. The SMILES string of the molecule is CCC(C)n1c(C)c(C)n2c3c(=O)n(CCCO)c(=O)n(C)c3nc12. The van der Waals surface area contributed by atoms with Gasteiger partial charge in [-0.25, -0.2) is 4.79 Å². The predicted octanol–water partition coefficient (Wildman–Crippen LogP) is 1.12. The number of aromatic nitrogens is 5. The number of fused-ring (bicyclic) bond motifs is 3. The smallest absolute Gasteiger partial charge is 0.332 e. The number of nitrogens with zero attached hydrogens (tertiary/aromatic N) is 5. The zero-order chi connectivity index (χ0) is 18.5. The van der Waals surface area contributed by atoms with Gasteiger partial charge in [0, 0.05) is 37.6 Å². The molecule has 0 fully saturated rings. The number of rotatable bonds is 5. The molecule has 0 aliphatic carbocycles. The van der Waals surface area contributed by atoms with E-state index in [2.05, 4.69) is 23.4 Å². The third kappa shape index (κ3) is 2.35. The monoisotopic (exact) mass is 347 g/mol. The maximum absolute atomic E-state index is 13.0. The van der Waals surface area contributed by atoms with Gasteiger partial charge in [0.2, 0.25) is 5.78 Å². The zero-order valence-corrected chi connectivity index (χ0v) is 15.4. The number of imidazole rings is 2. The molecule has 8 heteroatoms. The van der Waals surface area contributed by atoms with Crippen molar-refractivity contribution in [2.75, 3.05) is 6.61 Å². The first-order valence-electron chi connectivity index (χ1n) is 8.65. The lowest BCUT2D eigenvalue weighted by Gasteiger charge is -2.13. The van der Waals surface area contributed by atoms with E-state index < -0.39 is 5.69 Å². The van der Waals surface area contributed by atoms with Crippen LogP contribution in [0.25, 0.3) is 16.9 Å². The molecule has 25 heavy (non-hydrogen) atoms. The quantitative estimate of drug-likeness (QED) is 0.749. The van der Waals surface area contributed by atoms with Crippen molar-refractivity contribution in [3.63, 3.8) is 0 Å². The largest absolute Gasteiger partial charge is 0.396 e. The summed E-state index contributed by atoms with van der Waals surface area (Å²) in [5.74, 6) is 0.686. The summed E-state index contributed by atoms with van der Waals surface area (Å²) in [4.78, 5) is 30.2. The second-order valence-electron chi connectivity index (χ2n) is 6.59. The Labute approximate surface area is 144 Å². The third-order valence-corrected chi connectivity index (χ3v) is 5.13. The molecule has 8 nitrogen and oxygen atoms in total. The minimum Gasteiger partial charge on any atom is -0.396 e. The fourth-order valence-electron chi connectivity index (χ4n) is 3.41. The Morgan fingerprint density at radius 3 is 2.48 bits per heavy atom. The highest BCUT2D eigenvalue weighted by molar-refractivity contribution is 5.76. The molecule has 0 saturated carbocycles. The summed E-state index contributed by atoms with van der Waals surface area (Å²) in [6.45, 7) is 8.33. The first-order valence-corrected chi connectivity index (χ1v) is 8.65. The maximum atomic E-state index is 13.0. The Kier molecular flexibility index (Phi) is 4.32. The Balaban J connectivity index is 2.49. The van der Waals surface area contributed by atoms with Crippen LogP contribution in [-0.2, 0) is 13.6 Å². The number of aryl methyl sites for hydroxylation is 2. The van der Waals surface area contributed by atoms with Gasteiger partial charge < -0.3 is 9.67 Å². The van der Waals surface area contributed by atoms with Gasteiger partial charge >= 0.3 is 5.69 Å². The summed E-state index contributed by atoms with van der Waals surface area (Å²) < 4.78 is 6.57. The van der Waals surface area contributed by atoms with E-state index in [4.69, 9.17) is 5.11 Å². The molecule has 0 aromatic carbocycles. The fraction of sp³-hybridized carbons (Fsp3) is 0.588. The van der Waals surface area contributed by atoms with Crippen molar-refractivity contribution in [2.45, 2.75) is 53.1 Å². The van der Waals surface area contributed by atoms with Crippen molar-refractivity contribution in [2.24, 2.45) is 7.05 Å². The van der Waals surface area contributed by atoms with Crippen LogP contribution in [0.1, 0.15) is 44.1 Å². The van der Waals surface area contributed by atoms with E-state index in [-0.39, 0.29) is 24.8 Å². The molecule has 0 saturated heterocycles. The first-order chi connectivity index (χ1) is 11.8. The van der Waals surface area contributed by atoms with Crippen LogP contribution in [-0.4, -0.2) is 34.8 Å². The summed E-state index contributed by atoms with van der Waals surface area (Å²) in [6.07, 6.45) is 1.29. The van der Waals surface area contributed by atoms with Crippen molar-refractivity contribution >= 4 is 16.9 Å². The van der Waals surface area contributed by atoms with E-state index in [1.807, 2.05) is 18.2 Å². The van der Waals surface area contributed by atoms with E-state index in [0.717, 1.165) is 17.8 Å². The van der Waals surface area contributed by atoms with Crippen molar-refractivity contribution in [3.05, 3.63) is 32.2 Å². The molecule has 3 aromatic rings. The molecular formula is C17H25N5O3. The highest BCUT2D eigenvalue weighted by Gasteiger charge is 2.23. The van der Waals surface area contributed by atoms with E-state index in [0.29, 0.717) is 23.4 Å². The first kappa shape index (κ1) is 17.5. The molecule has 3 rings (SSSR count). The van der Waals surface area contributed by atoms with E-state index >= 15 is 0 Å². The number of hydrogen-bond acceptors (Lipinski definition) is 4. The van der Waals surface area contributed by atoms with Gasteiger partial charge in [-0.3, -0.25) is 18.3 Å². The van der Waals surface area contributed by atoms with Crippen LogP contribution in [0.4, 0.5) is 0 Å². The van der Waals surface area contributed by atoms with Crippen LogP contribution >= 0.6 is 0 Å². The van der Waals surface area contributed by atoms with Crippen LogP contribution < -0.4 is 11.2 Å². The van der Waals surface area contributed by atoms with Gasteiger partial charge in [-0.15, -0.1) is 0 Å². The summed E-state index contributed by atoms with van der Waals surface area (Å²) in [5, 5.41) is 9.05.